The average molecular weight is 588 g/mol. The van der Waals surface area contributed by atoms with Gasteiger partial charge in [0, 0.05) is 0 Å². The third-order valence-electron chi connectivity index (χ3n) is 5.52. The van der Waals surface area contributed by atoms with Crippen LogP contribution in [-0.2, 0) is 0 Å². The number of aliphatic imine (C=N–C) groups is 2. The monoisotopic (exact) mass is 588 g/mol. The second-order valence-electron chi connectivity index (χ2n) is 8.47. The van der Waals surface area contributed by atoms with Crippen LogP contribution in [0.3, 0.4) is 0 Å². The van der Waals surface area contributed by atoms with Crippen molar-refractivity contribution in [2.75, 3.05) is 0 Å². The first-order valence-corrected chi connectivity index (χ1v) is 20.3. The Bertz CT molecular complexity index is 1220. The van der Waals surface area contributed by atoms with E-state index in [0.717, 1.165) is 56.2 Å². The van der Waals surface area contributed by atoms with Gasteiger partial charge in [0.2, 0.25) is 0 Å². The minimum atomic E-state index is -4.57. The van der Waals surface area contributed by atoms with Gasteiger partial charge >= 0.3 is 209 Å². The van der Waals surface area contributed by atoms with Gasteiger partial charge in [-0.3, -0.25) is 0 Å². The Kier molecular flexibility index (Phi) is 6.81. The average Bonchev–Trinajstić information content (AvgIpc) is 2.72. The molecule has 1 aliphatic rings. The standard InChI is InChI=1S/C26H28N2O2.2ClH.Sn/c1-15-11-17(3)25(29)21(13-15)19(5)27-23-9-7-8-10-24(23)28-20(6)22-14-16(2)12-18(4)26(22)30;;;/h7-14,29-30H,1-6H3;2*1H;/q;;;+4/p-4. The second kappa shape index (κ2) is 9.32. The van der Waals surface area contributed by atoms with Crippen LogP contribution >= 0.6 is 17.8 Å². The summed E-state index contributed by atoms with van der Waals surface area (Å²) in [6.07, 6.45) is 0. The molecule has 0 aliphatic carbocycles. The molecule has 0 radical (unpaired) electrons. The topological polar surface area (TPSA) is 43.2 Å². The van der Waals surface area contributed by atoms with E-state index in [1.807, 2.05) is 90.1 Å². The Morgan fingerprint density at radius 1 is 0.636 bits per heavy atom. The number of fused-ring (bicyclic) bond motifs is 3. The molecule has 7 heteroatoms. The summed E-state index contributed by atoms with van der Waals surface area (Å²) in [5.74, 6) is 1.23. The van der Waals surface area contributed by atoms with Crippen molar-refractivity contribution in [1.29, 1.82) is 0 Å². The van der Waals surface area contributed by atoms with E-state index in [2.05, 4.69) is 0 Å². The van der Waals surface area contributed by atoms with Gasteiger partial charge in [-0.2, -0.15) is 0 Å². The maximum atomic E-state index is 6.82. The van der Waals surface area contributed by atoms with Crippen LogP contribution in [0.2, 0.25) is 0 Å². The molecule has 0 saturated carbocycles. The molecule has 0 spiro atoms. The molecule has 0 saturated heterocycles. The van der Waals surface area contributed by atoms with Gasteiger partial charge in [0.05, 0.1) is 0 Å². The summed E-state index contributed by atoms with van der Waals surface area (Å²) in [6.45, 7) is 12.0. The summed E-state index contributed by atoms with van der Waals surface area (Å²) < 4.78 is 12.6. The molecule has 4 nitrogen and oxygen atoms in total. The molecule has 0 fully saturated rings. The fraction of sp³-hybridized carbons (Fsp3) is 0.231. The van der Waals surface area contributed by atoms with Gasteiger partial charge in [0.25, 0.3) is 0 Å². The van der Waals surface area contributed by atoms with Crippen molar-refractivity contribution in [2.45, 2.75) is 41.5 Å². The van der Waals surface area contributed by atoms with Crippen LogP contribution in [0.25, 0.3) is 0 Å². The molecule has 1 aliphatic heterocycles. The van der Waals surface area contributed by atoms with Crippen molar-refractivity contribution in [3.8, 4) is 11.5 Å². The van der Waals surface area contributed by atoms with Crippen LogP contribution in [0.5, 0.6) is 11.5 Å². The van der Waals surface area contributed by atoms with Gasteiger partial charge in [0.15, 0.2) is 0 Å². The number of nitrogens with zero attached hydrogens (tertiary/aromatic N) is 2. The van der Waals surface area contributed by atoms with Gasteiger partial charge in [-0.25, -0.2) is 0 Å². The van der Waals surface area contributed by atoms with E-state index in [0.29, 0.717) is 11.5 Å². The van der Waals surface area contributed by atoms with Crippen molar-refractivity contribution in [1.82, 2.24) is 0 Å². The van der Waals surface area contributed by atoms with Crippen LogP contribution in [0.1, 0.15) is 47.2 Å². The molecule has 0 unspecified atom stereocenters. The van der Waals surface area contributed by atoms with E-state index in [-0.39, 0.29) is 0 Å². The van der Waals surface area contributed by atoms with Crippen LogP contribution in [0.15, 0.2) is 58.5 Å². The summed E-state index contributed by atoms with van der Waals surface area (Å²) in [4.78, 5) is 9.85. The third kappa shape index (κ3) is 5.23. The molecule has 0 amide bonds. The van der Waals surface area contributed by atoms with Crippen molar-refractivity contribution in [3.63, 3.8) is 0 Å². The quantitative estimate of drug-likeness (QED) is 0.251. The molecule has 0 bridgehead atoms. The number of para-hydroxylation sites is 2. The van der Waals surface area contributed by atoms with E-state index in [1.54, 1.807) is 0 Å². The summed E-state index contributed by atoms with van der Waals surface area (Å²) >= 11 is -4.57. The van der Waals surface area contributed by atoms with Crippen LogP contribution in [-0.4, -0.2) is 28.4 Å². The first kappa shape index (κ1) is 24.1. The zero-order valence-electron chi connectivity index (χ0n) is 19.6. The van der Waals surface area contributed by atoms with E-state index >= 15 is 0 Å². The van der Waals surface area contributed by atoms with Crippen molar-refractivity contribution < 1.29 is 6.15 Å². The minimum absolute atomic E-state index is 0.614. The predicted molar refractivity (Wildman–Crippen MR) is 141 cm³/mol. The molecule has 1 heterocycles. The van der Waals surface area contributed by atoms with Gasteiger partial charge in [0.1, 0.15) is 0 Å². The Balaban J connectivity index is 2.05. The molecule has 3 aromatic carbocycles. The molecule has 0 atom stereocenters. The van der Waals surface area contributed by atoms with E-state index in [9.17, 15) is 0 Å². The molecule has 0 aromatic heterocycles. The normalized spacial score (nSPS) is 15.2. The summed E-state index contributed by atoms with van der Waals surface area (Å²) in [5, 5.41) is 0. The molecule has 33 heavy (non-hydrogen) atoms. The Morgan fingerprint density at radius 2 is 1.03 bits per heavy atom. The zero-order chi connectivity index (χ0) is 23.9. The number of halogens is 2. The van der Waals surface area contributed by atoms with Crippen molar-refractivity contribution in [3.05, 3.63) is 81.9 Å². The number of rotatable bonds is 0. The SMILES string of the molecule is CC1=Nc2ccccc2N=C(C)c2cc(C)cc(C)c2[O][Sn]([Cl])([Cl])[O]c2c(C)cc(C)cc21. The molecule has 170 valence electrons. The third-order valence-corrected chi connectivity index (χ3v) is 10.1. The second-order valence-corrected chi connectivity index (χ2v) is 20.3. The predicted octanol–water partition coefficient (Wildman–Crippen LogP) is 7.89. The molecule has 4 rings (SSSR count). The Labute approximate surface area is 207 Å². The molecular formula is C26H26Cl2N2O2Sn. The maximum absolute atomic E-state index is 6.82. The van der Waals surface area contributed by atoms with Crippen LogP contribution in [0, 0.1) is 27.7 Å². The van der Waals surface area contributed by atoms with Gasteiger partial charge < -0.3 is 0 Å². The fourth-order valence-corrected chi connectivity index (χ4v) is 9.20. The number of hydrogen-bond donors (Lipinski definition) is 0. The van der Waals surface area contributed by atoms with E-state index in [1.165, 1.54) is 0 Å². The van der Waals surface area contributed by atoms with Gasteiger partial charge in [-0.15, -0.1) is 0 Å². The first-order chi connectivity index (χ1) is 15.5. The summed E-state index contributed by atoms with van der Waals surface area (Å²) in [6, 6.07) is 16.0. The van der Waals surface area contributed by atoms with Crippen LogP contribution < -0.4 is 6.15 Å². The number of aryl methyl sites for hydroxylation is 4. The number of benzene rings is 3. The molecular weight excluding hydrogens is 562 g/mol. The number of hydrogen-bond acceptors (Lipinski definition) is 4. The first-order valence-electron chi connectivity index (χ1n) is 10.7. The van der Waals surface area contributed by atoms with Crippen molar-refractivity contribution in [2.24, 2.45) is 9.98 Å². The Hall–Kier alpha value is -2.02. The Morgan fingerprint density at radius 3 is 1.42 bits per heavy atom. The van der Waals surface area contributed by atoms with E-state index < -0.39 is 17.0 Å². The zero-order valence-corrected chi connectivity index (χ0v) is 24.0. The fourth-order valence-electron chi connectivity index (χ4n) is 4.11. The molecule has 3 aromatic rings. The van der Waals surface area contributed by atoms with Gasteiger partial charge in [-0.1, -0.05) is 0 Å². The van der Waals surface area contributed by atoms with Crippen LogP contribution in [0.4, 0.5) is 11.4 Å². The van der Waals surface area contributed by atoms with Crippen molar-refractivity contribution >= 4 is 57.6 Å². The summed E-state index contributed by atoms with van der Waals surface area (Å²) in [7, 11) is 13.6. The molecule has 0 N–H and O–H groups in total. The van der Waals surface area contributed by atoms with E-state index in [4.69, 9.17) is 34.0 Å². The summed E-state index contributed by atoms with van der Waals surface area (Å²) in [5.41, 5.74) is 8.87. The van der Waals surface area contributed by atoms with Gasteiger partial charge in [-0.05, 0) is 0 Å².